The lowest BCUT2D eigenvalue weighted by Gasteiger charge is -2.19. The summed E-state index contributed by atoms with van der Waals surface area (Å²) in [6.45, 7) is 3.58. The molecule has 0 bridgehead atoms. The Kier molecular flexibility index (Phi) is 5.25. The van der Waals surface area contributed by atoms with Crippen molar-refractivity contribution in [2.75, 3.05) is 0 Å². The largest absolute Gasteiger partial charge is 0.480 e. The monoisotopic (exact) mass is 377 g/mol. The third-order valence-corrected chi connectivity index (χ3v) is 5.07. The number of carboxylic acids is 1. The standard InChI is InChI=1S/C19H21F2N3O3/c1-3-10(2)16(19(26)27)22-18(25)17-11-6-4-8-13(11)24(23-17)14-9-5-7-12(20)15(14)21/h5,7,9-10,16H,3-4,6,8H2,1-2H3,(H,22,25)(H,26,27)/t10-,16-/m0/s1. The lowest BCUT2D eigenvalue weighted by Crippen LogP contribution is -2.45. The molecule has 1 amide bonds. The van der Waals surface area contributed by atoms with E-state index in [-0.39, 0.29) is 17.3 Å². The normalized spacial score (nSPS) is 15.3. The van der Waals surface area contributed by atoms with Gasteiger partial charge in [-0.25, -0.2) is 18.3 Å². The fraction of sp³-hybridized carbons (Fsp3) is 0.421. The van der Waals surface area contributed by atoms with E-state index >= 15 is 0 Å². The molecule has 0 fully saturated rings. The van der Waals surface area contributed by atoms with Gasteiger partial charge in [-0.05, 0) is 37.3 Å². The van der Waals surface area contributed by atoms with Crippen molar-refractivity contribution in [3.05, 3.63) is 46.8 Å². The number of benzene rings is 1. The number of fused-ring (bicyclic) bond motifs is 1. The second-order valence-electron chi connectivity index (χ2n) is 6.79. The summed E-state index contributed by atoms with van der Waals surface area (Å²) in [5.74, 6) is -4.03. The van der Waals surface area contributed by atoms with Gasteiger partial charge in [-0.2, -0.15) is 5.10 Å². The minimum atomic E-state index is -1.12. The van der Waals surface area contributed by atoms with Crippen LogP contribution in [0.15, 0.2) is 18.2 Å². The van der Waals surface area contributed by atoms with Crippen molar-refractivity contribution >= 4 is 11.9 Å². The minimum absolute atomic E-state index is 0.0658. The molecule has 3 rings (SSSR count). The number of aromatic nitrogens is 2. The molecule has 1 aliphatic carbocycles. The molecule has 0 aliphatic heterocycles. The molecular weight excluding hydrogens is 356 g/mol. The summed E-state index contributed by atoms with van der Waals surface area (Å²) in [7, 11) is 0. The fourth-order valence-corrected chi connectivity index (χ4v) is 3.37. The zero-order valence-corrected chi connectivity index (χ0v) is 15.1. The van der Waals surface area contributed by atoms with Crippen molar-refractivity contribution in [2.45, 2.75) is 45.6 Å². The van der Waals surface area contributed by atoms with Gasteiger partial charge in [0.2, 0.25) is 0 Å². The van der Waals surface area contributed by atoms with E-state index in [1.165, 1.54) is 16.8 Å². The molecule has 6 nitrogen and oxygen atoms in total. The highest BCUT2D eigenvalue weighted by Gasteiger charge is 2.31. The number of hydrogen-bond donors (Lipinski definition) is 2. The van der Waals surface area contributed by atoms with E-state index in [0.29, 0.717) is 30.5 Å². The van der Waals surface area contributed by atoms with Crippen LogP contribution in [0.5, 0.6) is 0 Å². The number of nitrogens with one attached hydrogen (secondary N) is 1. The van der Waals surface area contributed by atoms with E-state index < -0.39 is 29.6 Å². The van der Waals surface area contributed by atoms with E-state index in [2.05, 4.69) is 10.4 Å². The Morgan fingerprint density at radius 2 is 2.07 bits per heavy atom. The summed E-state index contributed by atoms with van der Waals surface area (Å²) in [6.07, 6.45) is 2.51. The average molecular weight is 377 g/mol. The predicted octanol–water partition coefficient (Wildman–Crippen LogP) is 2.87. The van der Waals surface area contributed by atoms with Crippen molar-refractivity contribution in [2.24, 2.45) is 5.92 Å². The van der Waals surface area contributed by atoms with Crippen LogP contribution in [-0.4, -0.2) is 32.8 Å². The number of rotatable bonds is 6. The first-order valence-electron chi connectivity index (χ1n) is 8.94. The minimum Gasteiger partial charge on any atom is -0.480 e. The summed E-state index contributed by atoms with van der Waals surface area (Å²) in [5.41, 5.74) is 1.31. The molecule has 1 aliphatic rings. The lowest BCUT2D eigenvalue weighted by molar-refractivity contribution is -0.140. The Bertz CT molecular complexity index is 895. The Balaban J connectivity index is 1.99. The van der Waals surface area contributed by atoms with E-state index in [9.17, 15) is 23.5 Å². The first kappa shape index (κ1) is 19.0. The van der Waals surface area contributed by atoms with Crippen LogP contribution in [0.1, 0.15) is 48.4 Å². The Hall–Kier alpha value is -2.77. The van der Waals surface area contributed by atoms with Crippen molar-refractivity contribution in [3.63, 3.8) is 0 Å². The molecule has 0 spiro atoms. The third-order valence-electron chi connectivity index (χ3n) is 5.07. The molecule has 0 radical (unpaired) electrons. The average Bonchev–Trinajstić information content (AvgIpc) is 3.23. The SMILES string of the molecule is CC[C@H](C)[C@H](NC(=O)c1nn(-c2cccc(F)c2F)c2c1CCC2)C(=O)O. The third kappa shape index (κ3) is 3.43. The van der Waals surface area contributed by atoms with E-state index in [1.807, 2.05) is 6.92 Å². The molecule has 2 atom stereocenters. The molecule has 0 unspecified atom stereocenters. The molecule has 0 saturated heterocycles. The molecular formula is C19H21F2N3O3. The van der Waals surface area contributed by atoms with Gasteiger partial charge in [-0.15, -0.1) is 0 Å². The fourth-order valence-electron chi connectivity index (χ4n) is 3.37. The van der Waals surface area contributed by atoms with Gasteiger partial charge in [0.15, 0.2) is 17.3 Å². The second kappa shape index (κ2) is 7.46. The zero-order chi connectivity index (χ0) is 19.7. The van der Waals surface area contributed by atoms with Gasteiger partial charge < -0.3 is 10.4 Å². The second-order valence-corrected chi connectivity index (χ2v) is 6.79. The van der Waals surface area contributed by atoms with Gasteiger partial charge in [0.25, 0.3) is 5.91 Å². The van der Waals surface area contributed by atoms with Gasteiger partial charge in [0, 0.05) is 11.3 Å². The van der Waals surface area contributed by atoms with E-state index in [0.717, 1.165) is 12.5 Å². The molecule has 2 aromatic rings. The van der Waals surface area contributed by atoms with Gasteiger partial charge in [-0.1, -0.05) is 26.3 Å². The predicted molar refractivity (Wildman–Crippen MR) is 93.9 cm³/mol. The number of carboxylic acid groups (broad SMARTS) is 1. The van der Waals surface area contributed by atoms with Crippen molar-refractivity contribution in [3.8, 4) is 5.69 Å². The molecule has 1 heterocycles. The summed E-state index contributed by atoms with van der Waals surface area (Å²) in [5, 5.41) is 16.1. The van der Waals surface area contributed by atoms with Crippen LogP contribution in [0.2, 0.25) is 0 Å². The Morgan fingerprint density at radius 1 is 1.33 bits per heavy atom. The maximum absolute atomic E-state index is 14.2. The molecule has 8 heteroatoms. The van der Waals surface area contributed by atoms with Crippen LogP contribution in [0.3, 0.4) is 0 Å². The lowest BCUT2D eigenvalue weighted by atomic mass is 9.99. The molecule has 2 N–H and O–H groups in total. The highest BCUT2D eigenvalue weighted by Crippen LogP contribution is 2.29. The summed E-state index contributed by atoms with van der Waals surface area (Å²) in [4.78, 5) is 24.2. The van der Waals surface area contributed by atoms with Gasteiger partial charge in [-0.3, -0.25) is 4.79 Å². The van der Waals surface area contributed by atoms with Crippen molar-refractivity contribution < 1.29 is 23.5 Å². The highest BCUT2D eigenvalue weighted by molar-refractivity contribution is 5.96. The smallest absolute Gasteiger partial charge is 0.326 e. The summed E-state index contributed by atoms with van der Waals surface area (Å²) >= 11 is 0. The first-order valence-corrected chi connectivity index (χ1v) is 8.94. The number of amides is 1. The van der Waals surface area contributed by atoms with Crippen LogP contribution < -0.4 is 5.32 Å². The zero-order valence-electron chi connectivity index (χ0n) is 15.1. The van der Waals surface area contributed by atoms with Gasteiger partial charge in [0.1, 0.15) is 11.7 Å². The number of aliphatic carboxylic acids is 1. The topological polar surface area (TPSA) is 84.2 Å². The summed E-state index contributed by atoms with van der Waals surface area (Å²) in [6, 6.07) is 2.74. The van der Waals surface area contributed by atoms with Crippen LogP contribution in [-0.2, 0) is 17.6 Å². The van der Waals surface area contributed by atoms with Gasteiger partial charge >= 0.3 is 5.97 Å². The number of carbonyl (C=O) groups excluding carboxylic acids is 1. The van der Waals surface area contributed by atoms with E-state index in [4.69, 9.17) is 0 Å². The van der Waals surface area contributed by atoms with Crippen LogP contribution in [0.4, 0.5) is 8.78 Å². The molecule has 144 valence electrons. The summed E-state index contributed by atoms with van der Waals surface area (Å²) < 4.78 is 29.1. The Labute approximate surface area is 155 Å². The number of carbonyl (C=O) groups is 2. The Morgan fingerprint density at radius 3 is 2.74 bits per heavy atom. The number of nitrogens with zero attached hydrogens (tertiary/aromatic N) is 2. The molecule has 1 aromatic heterocycles. The van der Waals surface area contributed by atoms with Crippen LogP contribution in [0.25, 0.3) is 5.69 Å². The quantitative estimate of drug-likeness (QED) is 0.811. The van der Waals surface area contributed by atoms with E-state index in [1.54, 1.807) is 6.92 Å². The van der Waals surface area contributed by atoms with Crippen molar-refractivity contribution in [1.82, 2.24) is 15.1 Å². The molecule has 27 heavy (non-hydrogen) atoms. The van der Waals surface area contributed by atoms with Crippen LogP contribution in [0, 0.1) is 17.6 Å². The maximum atomic E-state index is 14.2. The van der Waals surface area contributed by atoms with Crippen LogP contribution >= 0.6 is 0 Å². The first-order chi connectivity index (χ1) is 12.8. The van der Waals surface area contributed by atoms with Crippen molar-refractivity contribution in [1.29, 1.82) is 0 Å². The highest BCUT2D eigenvalue weighted by atomic mass is 19.2. The maximum Gasteiger partial charge on any atom is 0.326 e. The van der Waals surface area contributed by atoms with Gasteiger partial charge in [0.05, 0.1) is 0 Å². The molecule has 0 saturated carbocycles. The number of hydrogen-bond acceptors (Lipinski definition) is 3. The number of halogens is 2. The molecule has 1 aromatic carbocycles.